The van der Waals surface area contributed by atoms with Crippen molar-refractivity contribution in [1.29, 1.82) is 0 Å². The minimum Gasteiger partial charge on any atom is -0.389 e. The molecule has 0 aliphatic carbocycles. The average molecular weight is 212 g/mol. The largest absolute Gasteiger partial charge is 0.389 e. The van der Waals surface area contributed by atoms with Crippen molar-refractivity contribution >= 4 is 0 Å². The van der Waals surface area contributed by atoms with E-state index in [2.05, 4.69) is 10.2 Å². The SMILES string of the molecule is OC1(CCCN2CCCC2)CCCNC1. The van der Waals surface area contributed by atoms with E-state index < -0.39 is 5.60 Å². The van der Waals surface area contributed by atoms with Gasteiger partial charge in [0.1, 0.15) is 0 Å². The lowest BCUT2D eigenvalue weighted by Crippen LogP contribution is -2.45. The fourth-order valence-corrected chi connectivity index (χ4v) is 2.80. The van der Waals surface area contributed by atoms with E-state index >= 15 is 0 Å². The fourth-order valence-electron chi connectivity index (χ4n) is 2.80. The predicted molar refractivity (Wildman–Crippen MR) is 62.0 cm³/mol. The molecule has 0 radical (unpaired) electrons. The summed E-state index contributed by atoms with van der Waals surface area (Å²) in [5, 5.41) is 13.6. The molecule has 0 amide bonds. The molecule has 2 heterocycles. The summed E-state index contributed by atoms with van der Waals surface area (Å²) in [6.45, 7) is 5.61. The lowest BCUT2D eigenvalue weighted by molar-refractivity contribution is 0.00515. The van der Waals surface area contributed by atoms with Gasteiger partial charge in [-0.3, -0.25) is 0 Å². The Morgan fingerprint density at radius 3 is 2.67 bits per heavy atom. The highest BCUT2D eigenvalue weighted by Gasteiger charge is 2.28. The van der Waals surface area contributed by atoms with Gasteiger partial charge >= 0.3 is 0 Å². The number of β-amino-alcohol motifs (C(OH)–C–C–N with tert-alkyl or cyclic N) is 1. The first-order valence-corrected chi connectivity index (χ1v) is 6.44. The van der Waals surface area contributed by atoms with Crippen LogP contribution in [0, 0.1) is 0 Å². The molecular formula is C12H24N2O. The van der Waals surface area contributed by atoms with Crippen molar-refractivity contribution in [2.24, 2.45) is 0 Å². The number of hydrogen-bond donors (Lipinski definition) is 2. The lowest BCUT2D eigenvalue weighted by Gasteiger charge is -2.33. The van der Waals surface area contributed by atoms with Gasteiger partial charge in [0.25, 0.3) is 0 Å². The Balaban J connectivity index is 1.63. The molecule has 3 heteroatoms. The Kier molecular flexibility index (Phi) is 4.00. The molecule has 0 aromatic heterocycles. The summed E-state index contributed by atoms with van der Waals surface area (Å²) >= 11 is 0. The van der Waals surface area contributed by atoms with Gasteiger partial charge in [-0.25, -0.2) is 0 Å². The van der Waals surface area contributed by atoms with E-state index in [0.29, 0.717) is 0 Å². The highest BCUT2D eigenvalue weighted by atomic mass is 16.3. The van der Waals surface area contributed by atoms with E-state index in [0.717, 1.165) is 38.8 Å². The monoisotopic (exact) mass is 212 g/mol. The number of nitrogens with one attached hydrogen (secondary N) is 1. The van der Waals surface area contributed by atoms with Gasteiger partial charge in [-0.05, 0) is 64.7 Å². The van der Waals surface area contributed by atoms with E-state index in [9.17, 15) is 5.11 Å². The van der Waals surface area contributed by atoms with Crippen LogP contribution < -0.4 is 5.32 Å². The number of rotatable bonds is 4. The van der Waals surface area contributed by atoms with Crippen LogP contribution in [0.2, 0.25) is 0 Å². The molecule has 3 nitrogen and oxygen atoms in total. The summed E-state index contributed by atoms with van der Waals surface area (Å²) in [6, 6.07) is 0. The molecule has 0 aromatic rings. The van der Waals surface area contributed by atoms with Gasteiger partial charge in [0.2, 0.25) is 0 Å². The lowest BCUT2D eigenvalue weighted by atomic mass is 9.89. The molecule has 15 heavy (non-hydrogen) atoms. The number of aliphatic hydroxyl groups is 1. The number of likely N-dealkylation sites (tertiary alicyclic amines) is 1. The van der Waals surface area contributed by atoms with Crippen molar-refractivity contribution in [3.63, 3.8) is 0 Å². The van der Waals surface area contributed by atoms with Crippen LogP contribution in [0.1, 0.15) is 38.5 Å². The van der Waals surface area contributed by atoms with Crippen molar-refractivity contribution in [3.05, 3.63) is 0 Å². The third kappa shape index (κ3) is 3.44. The first-order chi connectivity index (χ1) is 7.29. The van der Waals surface area contributed by atoms with Gasteiger partial charge in [0.05, 0.1) is 5.60 Å². The first kappa shape index (κ1) is 11.4. The minimum absolute atomic E-state index is 0.405. The van der Waals surface area contributed by atoms with Crippen molar-refractivity contribution < 1.29 is 5.11 Å². The maximum absolute atomic E-state index is 10.3. The molecule has 1 atom stereocenters. The van der Waals surface area contributed by atoms with Gasteiger partial charge in [0, 0.05) is 6.54 Å². The smallest absolute Gasteiger partial charge is 0.0772 e. The van der Waals surface area contributed by atoms with E-state index in [1.807, 2.05) is 0 Å². The molecular weight excluding hydrogens is 188 g/mol. The summed E-state index contributed by atoms with van der Waals surface area (Å²) < 4.78 is 0. The Bertz CT molecular complexity index is 184. The molecule has 2 saturated heterocycles. The molecule has 0 bridgehead atoms. The third-order valence-corrected chi connectivity index (χ3v) is 3.76. The van der Waals surface area contributed by atoms with Crippen molar-refractivity contribution in [1.82, 2.24) is 10.2 Å². The van der Waals surface area contributed by atoms with Gasteiger partial charge in [0.15, 0.2) is 0 Å². The van der Waals surface area contributed by atoms with E-state index in [1.165, 1.54) is 32.5 Å². The number of piperidine rings is 1. The molecule has 0 aromatic carbocycles. The van der Waals surface area contributed by atoms with Crippen LogP contribution in [0.15, 0.2) is 0 Å². The van der Waals surface area contributed by atoms with Crippen molar-refractivity contribution in [2.75, 3.05) is 32.7 Å². The van der Waals surface area contributed by atoms with Crippen LogP contribution in [-0.4, -0.2) is 48.3 Å². The summed E-state index contributed by atoms with van der Waals surface area (Å²) in [5.74, 6) is 0. The summed E-state index contributed by atoms with van der Waals surface area (Å²) in [5.41, 5.74) is -0.405. The third-order valence-electron chi connectivity index (χ3n) is 3.76. The molecule has 88 valence electrons. The Morgan fingerprint density at radius 2 is 2.00 bits per heavy atom. The topological polar surface area (TPSA) is 35.5 Å². The average Bonchev–Trinajstić information content (AvgIpc) is 2.71. The zero-order chi connectivity index (χ0) is 10.6. The maximum Gasteiger partial charge on any atom is 0.0772 e. The highest BCUT2D eigenvalue weighted by Crippen LogP contribution is 2.22. The van der Waals surface area contributed by atoms with Gasteiger partial charge in [-0.1, -0.05) is 0 Å². The van der Waals surface area contributed by atoms with Gasteiger partial charge in [-0.15, -0.1) is 0 Å². The Hall–Kier alpha value is -0.120. The Morgan fingerprint density at radius 1 is 1.20 bits per heavy atom. The van der Waals surface area contributed by atoms with Crippen LogP contribution in [0.4, 0.5) is 0 Å². The first-order valence-electron chi connectivity index (χ1n) is 6.44. The van der Waals surface area contributed by atoms with E-state index in [4.69, 9.17) is 0 Å². The molecule has 2 aliphatic heterocycles. The maximum atomic E-state index is 10.3. The fraction of sp³-hybridized carbons (Fsp3) is 1.00. The van der Waals surface area contributed by atoms with Crippen LogP contribution in [-0.2, 0) is 0 Å². The highest BCUT2D eigenvalue weighted by molar-refractivity contribution is 4.85. The molecule has 1 unspecified atom stereocenters. The molecule has 2 N–H and O–H groups in total. The quantitative estimate of drug-likeness (QED) is 0.729. The predicted octanol–water partition coefficient (Wildman–Crippen LogP) is 0.977. The molecule has 2 aliphatic rings. The normalized spacial score (nSPS) is 33.4. The zero-order valence-corrected chi connectivity index (χ0v) is 9.67. The van der Waals surface area contributed by atoms with Crippen LogP contribution >= 0.6 is 0 Å². The number of hydrogen-bond acceptors (Lipinski definition) is 3. The van der Waals surface area contributed by atoms with E-state index in [-0.39, 0.29) is 0 Å². The molecule has 2 fully saturated rings. The van der Waals surface area contributed by atoms with Crippen molar-refractivity contribution in [3.8, 4) is 0 Å². The molecule has 0 spiro atoms. The second-order valence-corrected chi connectivity index (χ2v) is 5.16. The molecule has 2 rings (SSSR count). The van der Waals surface area contributed by atoms with Crippen LogP contribution in [0.3, 0.4) is 0 Å². The van der Waals surface area contributed by atoms with Crippen LogP contribution in [0.25, 0.3) is 0 Å². The standard InChI is InChI=1S/C12H24N2O/c15-12(5-3-7-13-11-12)6-4-10-14-8-1-2-9-14/h13,15H,1-11H2. The van der Waals surface area contributed by atoms with Gasteiger partial charge in [-0.2, -0.15) is 0 Å². The Labute approximate surface area is 92.8 Å². The second-order valence-electron chi connectivity index (χ2n) is 5.16. The zero-order valence-electron chi connectivity index (χ0n) is 9.67. The summed E-state index contributed by atoms with van der Waals surface area (Å²) in [7, 11) is 0. The summed E-state index contributed by atoms with van der Waals surface area (Å²) in [6.07, 6.45) is 6.96. The van der Waals surface area contributed by atoms with Crippen LogP contribution in [0.5, 0.6) is 0 Å². The van der Waals surface area contributed by atoms with E-state index in [1.54, 1.807) is 0 Å². The molecule has 0 saturated carbocycles. The van der Waals surface area contributed by atoms with Crippen molar-refractivity contribution in [2.45, 2.75) is 44.1 Å². The van der Waals surface area contributed by atoms with Gasteiger partial charge < -0.3 is 15.3 Å². The number of nitrogens with zero attached hydrogens (tertiary/aromatic N) is 1. The second kappa shape index (κ2) is 5.28. The summed E-state index contributed by atoms with van der Waals surface area (Å²) in [4.78, 5) is 2.53. The minimum atomic E-state index is -0.405.